The highest BCUT2D eigenvalue weighted by molar-refractivity contribution is 6.12. The molecule has 0 saturated carbocycles. The summed E-state index contributed by atoms with van der Waals surface area (Å²) in [6.45, 7) is 5.48. The van der Waals surface area contributed by atoms with Gasteiger partial charge in [0.1, 0.15) is 0 Å². The second-order valence-electron chi connectivity index (χ2n) is 3.58. The number of methoxy groups -OCH3 is 2. The Labute approximate surface area is 105 Å². The SMILES string of the molecule is C=C1C(C)=C(/C=C/C(=O)O)C(=O)C(OC)=C1OC. The van der Waals surface area contributed by atoms with Gasteiger partial charge in [0.2, 0.25) is 11.5 Å². The molecule has 0 bridgehead atoms. The van der Waals surface area contributed by atoms with Gasteiger partial charge in [-0.2, -0.15) is 0 Å². The van der Waals surface area contributed by atoms with E-state index in [0.29, 0.717) is 11.1 Å². The molecule has 1 aliphatic carbocycles. The Morgan fingerprint density at radius 1 is 1.28 bits per heavy atom. The summed E-state index contributed by atoms with van der Waals surface area (Å²) in [5, 5.41) is 8.59. The fourth-order valence-electron chi connectivity index (χ4n) is 1.62. The van der Waals surface area contributed by atoms with Crippen LogP contribution in [0.4, 0.5) is 0 Å². The number of allylic oxidation sites excluding steroid dienone is 3. The number of hydrogen-bond donors (Lipinski definition) is 1. The normalized spacial score (nSPS) is 16.6. The molecule has 0 aromatic heterocycles. The van der Waals surface area contributed by atoms with Gasteiger partial charge in [0.05, 0.1) is 14.2 Å². The molecule has 0 aromatic rings. The summed E-state index contributed by atoms with van der Waals surface area (Å²) in [7, 11) is 2.76. The van der Waals surface area contributed by atoms with Gasteiger partial charge < -0.3 is 14.6 Å². The molecule has 18 heavy (non-hydrogen) atoms. The lowest BCUT2D eigenvalue weighted by Crippen LogP contribution is -2.19. The molecule has 0 spiro atoms. The van der Waals surface area contributed by atoms with E-state index in [1.807, 2.05) is 0 Å². The zero-order valence-corrected chi connectivity index (χ0v) is 10.4. The van der Waals surface area contributed by atoms with E-state index < -0.39 is 11.8 Å². The lowest BCUT2D eigenvalue weighted by molar-refractivity contribution is -0.131. The molecule has 0 aromatic carbocycles. The molecule has 0 amide bonds. The Hall–Kier alpha value is -2.30. The third kappa shape index (κ3) is 2.34. The van der Waals surface area contributed by atoms with Crippen molar-refractivity contribution in [2.75, 3.05) is 14.2 Å². The van der Waals surface area contributed by atoms with Gasteiger partial charge in [-0.15, -0.1) is 0 Å². The lowest BCUT2D eigenvalue weighted by Gasteiger charge is -2.21. The van der Waals surface area contributed by atoms with E-state index in [1.165, 1.54) is 20.3 Å². The maximum atomic E-state index is 12.1. The van der Waals surface area contributed by atoms with E-state index in [2.05, 4.69) is 6.58 Å². The first-order chi connectivity index (χ1) is 8.43. The average molecular weight is 250 g/mol. The summed E-state index contributed by atoms with van der Waals surface area (Å²) in [6.07, 6.45) is 2.13. The van der Waals surface area contributed by atoms with Crippen LogP contribution in [-0.2, 0) is 19.1 Å². The van der Waals surface area contributed by atoms with Crippen molar-refractivity contribution >= 4 is 11.8 Å². The van der Waals surface area contributed by atoms with Crippen LogP contribution < -0.4 is 0 Å². The Kier molecular flexibility index (Phi) is 4.09. The third-order valence-corrected chi connectivity index (χ3v) is 2.59. The minimum Gasteiger partial charge on any atom is -0.492 e. The maximum absolute atomic E-state index is 12.1. The van der Waals surface area contributed by atoms with Crippen LogP contribution in [0.5, 0.6) is 0 Å². The van der Waals surface area contributed by atoms with Crippen molar-refractivity contribution in [1.29, 1.82) is 0 Å². The van der Waals surface area contributed by atoms with Crippen LogP contribution >= 0.6 is 0 Å². The minimum absolute atomic E-state index is 0.0261. The molecule has 5 nitrogen and oxygen atoms in total. The number of ether oxygens (including phenoxy) is 2. The molecule has 0 atom stereocenters. The van der Waals surface area contributed by atoms with Crippen LogP contribution in [0, 0.1) is 0 Å². The van der Waals surface area contributed by atoms with Crippen molar-refractivity contribution in [3.8, 4) is 0 Å². The molecule has 1 N–H and O–H groups in total. The third-order valence-electron chi connectivity index (χ3n) is 2.59. The van der Waals surface area contributed by atoms with E-state index in [1.54, 1.807) is 6.92 Å². The number of carbonyl (C=O) groups is 2. The summed E-state index contributed by atoms with van der Waals surface area (Å²) in [5.74, 6) is -1.25. The van der Waals surface area contributed by atoms with E-state index >= 15 is 0 Å². The summed E-state index contributed by atoms with van der Waals surface area (Å²) in [5.41, 5.74) is 1.30. The summed E-state index contributed by atoms with van der Waals surface area (Å²) >= 11 is 0. The molecule has 0 radical (unpaired) electrons. The molecule has 0 heterocycles. The van der Waals surface area contributed by atoms with Crippen molar-refractivity contribution in [1.82, 2.24) is 0 Å². The predicted molar refractivity (Wildman–Crippen MR) is 64.7 cm³/mol. The molecule has 96 valence electrons. The molecule has 0 fully saturated rings. The molecular weight excluding hydrogens is 236 g/mol. The van der Waals surface area contributed by atoms with Gasteiger partial charge in [0, 0.05) is 17.2 Å². The Bertz CT molecular complexity index is 505. The summed E-state index contributed by atoms with van der Waals surface area (Å²) < 4.78 is 10.1. The van der Waals surface area contributed by atoms with E-state index in [0.717, 1.165) is 6.08 Å². The van der Waals surface area contributed by atoms with Gasteiger partial charge in [0.15, 0.2) is 5.76 Å². The number of carboxylic acids is 1. The minimum atomic E-state index is -1.13. The van der Waals surface area contributed by atoms with Crippen molar-refractivity contribution in [2.45, 2.75) is 6.92 Å². The molecule has 0 aliphatic heterocycles. The Balaban J connectivity index is 3.31. The highest BCUT2D eigenvalue weighted by Crippen LogP contribution is 2.32. The van der Waals surface area contributed by atoms with E-state index in [-0.39, 0.29) is 17.1 Å². The highest BCUT2D eigenvalue weighted by Gasteiger charge is 2.29. The highest BCUT2D eigenvalue weighted by atomic mass is 16.5. The number of carbonyl (C=O) groups excluding carboxylic acids is 1. The van der Waals surface area contributed by atoms with Gasteiger partial charge in [-0.3, -0.25) is 4.79 Å². The Morgan fingerprint density at radius 2 is 1.83 bits per heavy atom. The monoisotopic (exact) mass is 250 g/mol. The summed E-state index contributed by atoms with van der Waals surface area (Å²) in [6, 6.07) is 0. The fourth-order valence-corrected chi connectivity index (χ4v) is 1.62. The predicted octanol–water partition coefficient (Wildman–Crippen LogP) is 1.59. The fraction of sp³-hybridized carbons (Fsp3) is 0.231. The second-order valence-corrected chi connectivity index (χ2v) is 3.58. The number of hydrogen-bond acceptors (Lipinski definition) is 4. The Morgan fingerprint density at radius 3 is 2.28 bits per heavy atom. The molecule has 0 saturated heterocycles. The maximum Gasteiger partial charge on any atom is 0.328 e. The van der Waals surface area contributed by atoms with Gasteiger partial charge in [-0.25, -0.2) is 4.79 Å². The molecule has 5 heteroatoms. The first-order valence-electron chi connectivity index (χ1n) is 5.12. The van der Waals surface area contributed by atoms with Crippen LogP contribution in [0.15, 0.2) is 47.0 Å². The second kappa shape index (κ2) is 5.35. The van der Waals surface area contributed by atoms with Gasteiger partial charge in [-0.05, 0) is 18.6 Å². The van der Waals surface area contributed by atoms with E-state index in [9.17, 15) is 9.59 Å². The van der Waals surface area contributed by atoms with Crippen LogP contribution in [0.3, 0.4) is 0 Å². The smallest absolute Gasteiger partial charge is 0.328 e. The number of carboxylic acid groups (broad SMARTS) is 1. The lowest BCUT2D eigenvalue weighted by atomic mass is 9.90. The van der Waals surface area contributed by atoms with Gasteiger partial charge in [-0.1, -0.05) is 6.58 Å². The molecule has 1 rings (SSSR count). The number of ketones is 1. The summed E-state index contributed by atoms with van der Waals surface area (Å²) in [4.78, 5) is 22.6. The van der Waals surface area contributed by atoms with Crippen LogP contribution in [0.25, 0.3) is 0 Å². The van der Waals surface area contributed by atoms with Crippen LogP contribution in [-0.4, -0.2) is 31.1 Å². The first kappa shape index (κ1) is 13.8. The number of aliphatic carboxylic acids is 1. The standard InChI is InChI=1S/C13H14O5/c1-7-8(2)12(17-3)13(18-4)11(16)9(7)5-6-10(14)15/h5-6H,2H2,1,3-4H3,(H,14,15)/b6-5+. The zero-order chi connectivity index (χ0) is 13.9. The number of Topliss-reactive ketones (excluding diaryl/α,β-unsaturated/α-hetero) is 1. The van der Waals surface area contributed by atoms with Gasteiger partial charge >= 0.3 is 5.97 Å². The van der Waals surface area contributed by atoms with Crippen molar-refractivity contribution in [2.24, 2.45) is 0 Å². The average Bonchev–Trinajstić information content (AvgIpc) is 2.32. The largest absolute Gasteiger partial charge is 0.492 e. The van der Waals surface area contributed by atoms with Gasteiger partial charge in [0.25, 0.3) is 0 Å². The van der Waals surface area contributed by atoms with Crippen molar-refractivity contribution < 1.29 is 24.2 Å². The van der Waals surface area contributed by atoms with Crippen molar-refractivity contribution in [3.63, 3.8) is 0 Å². The van der Waals surface area contributed by atoms with E-state index in [4.69, 9.17) is 14.6 Å². The number of rotatable bonds is 4. The zero-order valence-electron chi connectivity index (χ0n) is 10.4. The first-order valence-corrected chi connectivity index (χ1v) is 5.12. The quantitative estimate of drug-likeness (QED) is 0.767. The molecular formula is C13H14O5. The molecule has 0 unspecified atom stereocenters. The van der Waals surface area contributed by atoms with Crippen LogP contribution in [0.2, 0.25) is 0 Å². The van der Waals surface area contributed by atoms with Crippen LogP contribution in [0.1, 0.15) is 6.92 Å². The topological polar surface area (TPSA) is 72.8 Å². The molecule has 1 aliphatic rings. The van der Waals surface area contributed by atoms with Crippen molar-refractivity contribution in [3.05, 3.63) is 47.0 Å².